The number of hydrogen-bond donors (Lipinski definition) is 0. The predicted molar refractivity (Wildman–Crippen MR) is 52.1 cm³/mol. The summed E-state index contributed by atoms with van der Waals surface area (Å²) in [6.07, 6.45) is -5.35. The molecule has 0 atom stereocenters. The van der Waals surface area contributed by atoms with Gasteiger partial charge in [0.25, 0.3) is 0 Å². The quantitative estimate of drug-likeness (QED) is 0.609. The van der Waals surface area contributed by atoms with Crippen molar-refractivity contribution in [1.82, 2.24) is 0 Å². The van der Waals surface area contributed by atoms with Crippen LogP contribution in [0.2, 0.25) is 5.02 Å². The molecule has 0 fully saturated rings. The molecule has 7 heteroatoms. The van der Waals surface area contributed by atoms with Gasteiger partial charge >= 0.3 is 12.1 Å². The molecule has 0 bridgehead atoms. The van der Waals surface area contributed by atoms with Crippen molar-refractivity contribution < 1.29 is 27.1 Å². The van der Waals surface area contributed by atoms with E-state index in [9.17, 15) is 22.4 Å². The Kier molecular flexibility index (Phi) is 3.98. The maximum atomic E-state index is 13.3. The molecule has 0 saturated carbocycles. The van der Waals surface area contributed by atoms with Crippen molar-refractivity contribution in [2.45, 2.75) is 12.6 Å². The molecule has 1 rings (SSSR count). The molecule has 0 radical (unpaired) electrons. The fourth-order valence-electron chi connectivity index (χ4n) is 1.20. The summed E-state index contributed by atoms with van der Waals surface area (Å²) in [6.45, 7) is 0. The van der Waals surface area contributed by atoms with Gasteiger partial charge in [-0.25, -0.2) is 4.39 Å². The highest BCUT2D eigenvalue weighted by atomic mass is 35.5. The second-order valence-electron chi connectivity index (χ2n) is 3.14. The Morgan fingerprint density at radius 3 is 2.47 bits per heavy atom. The lowest BCUT2D eigenvalue weighted by atomic mass is 10.1. The molecule has 94 valence electrons. The minimum absolute atomic E-state index is 0.520. The molecule has 0 N–H and O–H groups in total. The minimum atomic E-state index is -4.70. The van der Waals surface area contributed by atoms with Crippen molar-refractivity contribution in [3.63, 3.8) is 0 Å². The van der Waals surface area contributed by atoms with Crippen LogP contribution in [0.15, 0.2) is 12.1 Å². The minimum Gasteiger partial charge on any atom is -0.469 e. The molecule has 1 aromatic carbocycles. The Morgan fingerprint density at radius 1 is 1.41 bits per heavy atom. The molecule has 0 aliphatic rings. The van der Waals surface area contributed by atoms with Gasteiger partial charge in [0.2, 0.25) is 0 Å². The van der Waals surface area contributed by atoms with E-state index in [-0.39, 0.29) is 0 Å². The van der Waals surface area contributed by atoms with Crippen LogP contribution in [-0.4, -0.2) is 13.1 Å². The Hall–Kier alpha value is -1.30. The van der Waals surface area contributed by atoms with Crippen LogP contribution >= 0.6 is 11.6 Å². The predicted octanol–water partition coefficient (Wildman–Crippen LogP) is 3.21. The van der Waals surface area contributed by atoms with Crippen LogP contribution in [0.5, 0.6) is 0 Å². The van der Waals surface area contributed by atoms with Gasteiger partial charge in [-0.2, -0.15) is 13.2 Å². The summed E-state index contributed by atoms with van der Waals surface area (Å²) in [5.41, 5.74) is -1.70. The highest BCUT2D eigenvalue weighted by Crippen LogP contribution is 2.37. The van der Waals surface area contributed by atoms with Gasteiger partial charge in [-0.05, 0) is 12.1 Å². The number of alkyl halides is 3. The Bertz CT molecular complexity index is 443. The number of hydrogen-bond acceptors (Lipinski definition) is 2. The largest absolute Gasteiger partial charge is 0.469 e. The third kappa shape index (κ3) is 3.09. The number of methoxy groups -OCH3 is 1. The first kappa shape index (κ1) is 13.8. The van der Waals surface area contributed by atoms with Crippen LogP contribution in [-0.2, 0) is 22.1 Å². The monoisotopic (exact) mass is 270 g/mol. The van der Waals surface area contributed by atoms with Crippen LogP contribution < -0.4 is 0 Å². The van der Waals surface area contributed by atoms with E-state index in [1.54, 1.807) is 0 Å². The van der Waals surface area contributed by atoms with E-state index >= 15 is 0 Å². The van der Waals surface area contributed by atoms with Crippen LogP contribution in [0.25, 0.3) is 0 Å². The number of benzene rings is 1. The molecule has 0 saturated heterocycles. The first-order chi connectivity index (χ1) is 7.77. The van der Waals surface area contributed by atoms with Crippen LogP contribution in [0, 0.1) is 5.82 Å². The third-order valence-corrected chi connectivity index (χ3v) is 2.47. The normalized spacial score (nSPS) is 11.4. The van der Waals surface area contributed by atoms with Crippen molar-refractivity contribution in [1.29, 1.82) is 0 Å². The van der Waals surface area contributed by atoms with Gasteiger partial charge in [0.1, 0.15) is 5.82 Å². The molecular formula is C10H7ClF4O2. The number of carbonyl (C=O) groups is 1. The van der Waals surface area contributed by atoms with E-state index in [1.807, 2.05) is 0 Å². The molecule has 0 spiro atoms. The fraction of sp³-hybridized carbons (Fsp3) is 0.300. The first-order valence-corrected chi connectivity index (χ1v) is 4.76. The summed E-state index contributed by atoms with van der Waals surface area (Å²) in [5.74, 6) is -1.85. The van der Waals surface area contributed by atoms with Gasteiger partial charge in [0.05, 0.1) is 24.1 Å². The zero-order valence-corrected chi connectivity index (χ0v) is 9.32. The van der Waals surface area contributed by atoms with Gasteiger partial charge < -0.3 is 4.74 Å². The fourth-order valence-corrected chi connectivity index (χ4v) is 1.52. The average Bonchev–Trinajstić information content (AvgIpc) is 2.21. The average molecular weight is 271 g/mol. The van der Waals surface area contributed by atoms with Crippen molar-refractivity contribution in [2.75, 3.05) is 7.11 Å². The molecule has 1 aromatic rings. The number of halogens is 5. The maximum absolute atomic E-state index is 13.3. The molecule has 0 aliphatic heterocycles. The van der Waals surface area contributed by atoms with Crippen LogP contribution in [0.4, 0.5) is 17.6 Å². The van der Waals surface area contributed by atoms with Gasteiger partial charge in [-0.1, -0.05) is 11.6 Å². The summed E-state index contributed by atoms with van der Waals surface area (Å²) in [4.78, 5) is 10.9. The molecule has 0 heterocycles. The highest BCUT2D eigenvalue weighted by Gasteiger charge is 2.35. The standard InChI is InChI=1S/C10H7ClF4O2/c1-17-8(16)4-5-7(12)3-2-6(9(5)11)10(13,14)15/h2-3H,4H2,1H3. The van der Waals surface area contributed by atoms with Gasteiger partial charge in [-0.15, -0.1) is 0 Å². The number of ether oxygens (including phenoxy) is 1. The van der Waals surface area contributed by atoms with Gasteiger partial charge in [-0.3, -0.25) is 4.79 Å². The first-order valence-electron chi connectivity index (χ1n) is 4.38. The summed E-state index contributed by atoms with van der Waals surface area (Å²) < 4.78 is 54.9. The summed E-state index contributed by atoms with van der Waals surface area (Å²) >= 11 is 5.43. The summed E-state index contributed by atoms with van der Waals surface area (Å²) in [5, 5.41) is -0.817. The molecular weight excluding hydrogens is 264 g/mol. The van der Waals surface area contributed by atoms with E-state index in [2.05, 4.69) is 4.74 Å². The Labute approximate surface area is 99.1 Å². The molecule has 17 heavy (non-hydrogen) atoms. The molecule has 0 aromatic heterocycles. The zero-order chi connectivity index (χ0) is 13.2. The lowest BCUT2D eigenvalue weighted by Gasteiger charge is -2.12. The molecule has 2 nitrogen and oxygen atoms in total. The summed E-state index contributed by atoms with van der Waals surface area (Å²) in [6, 6.07) is 1.14. The van der Waals surface area contributed by atoms with E-state index in [4.69, 9.17) is 11.6 Å². The number of esters is 1. The highest BCUT2D eigenvalue weighted by molar-refractivity contribution is 6.32. The van der Waals surface area contributed by atoms with E-state index in [0.717, 1.165) is 7.11 Å². The van der Waals surface area contributed by atoms with Crippen LogP contribution in [0.1, 0.15) is 11.1 Å². The molecule has 0 unspecified atom stereocenters. The second kappa shape index (κ2) is 4.91. The number of rotatable bonds is 2. The zero-order valence-electron chi connectivity index (χ0n) is 8.57. The number of carbonyl (C=O) groups excluding carboxylic acids is 1. The molecule has 0 aliphatic carbocycles. The Morgan fingerprint density at radius 2 is 2.00 bits per heavy atom. The van der Waals surface area contributed by atoms with Gasteiger partial charge in [0.15, 0.2) is 0 Å². The van der Waals surface area contributed by atoms with Crippen molar-refractivity contribution >= 4 is 17.6 Å². The Balaban J connectivity index is 3.25. The smallest absolute Gasteiger partial charge is 0.417 e. The summed E-state index contributed by atoms with van der Waals surface area (Å²) in [7, 11) is 1.04. The van der Waals surface area contributed by atoms with E-state index in [0.29, 0.717) is 12.1 Å². The SMILES string of the molecule is COC(=O)Cc1c(F)ccc(C(F)(F)F)c1Cl. The van der Waals surface area contributed by atoms with E-state index < -0.39 is 40.5 Å². The van der Waals surface area contributed by atoms with Crippen molar-refractivity contribution in [2.24, 2.45) is 0 Å². The topological polar surface area (TPSA) is 26.3 Å². The lowest BCUT2D eigenvalue weighted by Crippen LogP contribution is -2.12. The lowest BCUT2D eigenvalue weighted by molar-refractivity contribution is -0.140. The van der Waals surface area contributed by atoms with Crippen molar-refractivity contribution in [3.8, 4) is 0 Å². The van der Waals surface area contributed by atoms with E-state index in [1.165, 1.54) is 0 Å². The van der Waals surface area contributed by atoms with Crippen molar-refractivity contribution in [3.05, 3.63) is 34.1 Å². The second-order valence-corrected chi connectivity index (χ2v) is 3.52. The third-order valence-electron chi connectivity index (χ3n) is 2.04. The van der Waals surface area contributed by atoms with Gasteiger partial charge in [0, 0.05) is 5.56 Å². The molecule has 0 amide bonds. The van der Waals surface area contributed by atoms with Crippen LogP contribution in [0.3, 0.4) is 0 Å². The maximum Gasteiger partial charge on any atom is 0.417 e.